The van der Waals surface area contributed by atoms with Gasteiger partial charge in [0.1, 0.15) is 10.7 Å². The monoisotopic (exact) mass is 302 g/mol. The summed E-state index contributed by atoms with van der Waals surface area (Å²) in [7, 11) is -4.36. The minimum absolute atomic E-state index is 0.450. The van der Waals surface area contributed by atoms with Crippen LogP contribution in [0.4, 0.5) is 23.2 Å². The van der Waals surface area contributed by atoms with Crippen molar-refractivity contribution in [3.05, 3.63) is 24.0 Å². The van der Waals surface area contributed by atoms with Crippen LogP contribution in [0.3, 0.4) is 0 Å². The Morgan fingerprint density at radius 3 is 2.42 bits per heavy atom. The van der Waals surface area contributed by atoms with Crippen molar-refractivity contribution in [3.8, 4) is 0 Å². The lowest BCUT2D eigenvalue weighted by molar-refractivity contribution is -0.200. The molecule has 5 nitrogen and oxygen atoms in total. The summed E-state index contributed by atoms with van der Waals surface area (Å²) in [4.78, 5) is -0.566. The standard InChI is InChI=1S/C9H10F4N2O3S/c10-5-1-2-7(6(14)3-5)19(17,18)15-4-8(16)9(11,12)13/h1-3,8,15-16H,4,14H2. The molecular formula is C9H10F4N2O3S. The fourth-order valence-electron chi connectivity index (χ4n) is 1.15. The zero-order valence-corrected chi connectivity index (χ0v) is 10.1. The molecule has 0 aliphatic carbocycles. The van der Waals surface area contributed by atoms with E-state index in [0.717, 1.165) is 18.2 Å². The number of halogens is 4. The molecular weight excluding hydrogens is 292 g/mol. The Kier molecular flexibility index (Phi) is 4.38. The van der Waals surface area contributed by atoms with Gasteiger partial charge in [-0.15, -0.1) is 0 Å². The average Bonchev–Trinajstić information content (AvgIpc) is 2.24. The quantitative estimate of drug-likeness (QED) is 0.561. The number of sulfonamides is 1. The van der Waals surface area contributed by atoms with Crippen molar-refractivity contribution in [2.24, 2.45) is 0 Å². The molecule has 0 radical (unpaired) electrons. The third kappa shape index (κ3) is 4.04. The summed E-state index contributed by atoms with van der Waals surface area (Å²) in [6.07, 6.45) is -7.79. The van der Waals surface area contributed by atoms with E-state index >= 15 is 0 Å². The Balaban J connectivity index is 2.88. The van der Waals surface area contributed by atoms with Crippen LogP contribution in [0.2, 0.25) is 0 Å². The highest BCUT2D eigenvalue weighted by molar-refractivity contribution is 7.89. The number of nitrogen functional groups attached to an aromatic ring is 1. The summed E-state index contributed by atoms with van der Waals surface area (Å²) >= 11 is 0. The van der Waals surface area contributed by atoms with Crippen LogP contribution in [0.1, 0.15) is 0 Å². The van der Waals surface area contributed by atoms with Crippen molar-refractivity contribution in [1.82, 2.24) is 4.72 Å². The second-order valence-electron chi connectivity index (χ2n) is 3.59. The minimum atomic E-state index is -4.95. The number of hydrogen-bond acceptors (Lipinski definition) is 4. The van der Waals surface area contributed by atoms with E-state index in [4.69, 9.17) is 10.8 Å². The van der Waals surface area contributed by atoms with Crippen LogP contribution in [-0.2, 0) is 10.0 Å². The maximum Gasteiger partial charge on any atom is 0.415 e. The smallest absolute Gasteiger partial charge is 0.398 e. The van der Waals surface area contributed by atoms with E-state index < -0.39 is 45.2 Å². The molecule has 1 atom stereocenters. The van der Waals surface area contributed by atoms with E-state index in [1.54, 1.807) is 4.72 Å². The molecule has 0 bridgehead atoms. The zero-order chi connectivity index (χ0) is 14.8. The molecule has 0 heterocycles. The molecule has 0 aromatic heterocycles. The molecule has 1 rings (SSSR count). The van der Waals surface area contributed by atoms with Crippen molar-refractivity contribution in [1.29, 1.82) is 0 Å². The van der Waals surface area contributed by atoms with Crippen LogP contribution in [0.5, 0.6) is 0 Å². The molecule has 0 aliphatic rings. The Morgan fingerprint density at radius 1 is 1.37 bits per heavy atom. The lowest BCUT2D eigenvalue weighted by atomic mass is 10.3. The van der Waals surface area contributed by atoms with Crippen molar-refractivity contribution in [2.75, 3.05) is 12.3 Å². The lowest BCUT2D eigenvalue weighted by Gasteiger charge is -2.15. The van der Waals surface area contributed by atoms with Crippen molar-refractivity contribution < 1.29 is 31.1 Å². The fraction of sp³-hybridized carbons (Fsp3) is 0.333. The fourth-order valence-corrected chi connectivity index (χ4v) is 2.30. The topological polar surface area (TPSA) is 92.4 Å². The number of aliphatic hydroxyl groups is 1. The maximum atomic E-state index is 12.7. The van der Waals surface area contributed by atoms with E-state index in [1.165, 1.54) is 0 Å². The Hall–Kier alpha value is -1.39. The predicted molar refractivity (Wildman–Crippen MR) is 58.1 cm³/mol. The summed E-state index contributed by atoms with van der Waals surface area (Å²) in [5.74, 6) is -0.785. The van der Waals surface area contributed by atoms with Gasteiger partial charge in [0.25, 0.3) is 0 Å². The summed E-state index contributed by atoms with van der Waals surface area (Å²) in [5.41, 5.74) is 4.81. The Labute approximate surface area is 106 Å². The van der Waals surface area contributed by atoms with Gasteiger partial charge < -0.3 is 10.8 Å². The number of benzene rings is 1. The number of rotatable bonds is 4. The second kappa shape index (κ2) is 5.31. The van der Waals surface area contributed by atoms with Gasteiger partial charge in [-0.05, 0) is 18.2 Å². The van der Waals surface area contributed by atoms with Crippen molar-refractivity contribution in [3.63, 3.8) is 0 Å². The zero-order valence-electron chi connectivity index (χ0n) is 9.28. The molecule has 10 heteroatoms. The highest BCUT2D eigenvalue weighted by atomic mass is 32.2. The van der Waals surface area contributed by atoms with Crippen molar-refractivity contribution >= 4 is 15.7 Å². The number of nitrogens with one attached hydrogen (secondary N) is 1. The van der Waals surface area contributed by atoms with E-state index in [9.17, 15) is 26.0 Å². The first-order chi connectivity index (χ1) is 8.54. The van der Waals surface area contributed by atoms with Crippen molar-refractivity contribution in [2.45, 2.75) is 17.2 Å². The summed E-state index contributed by atoms with van der Waals surface area (Å²) in [6.45, 7) is -1.26. The van der Waals surface area contributed by atoms with Gasteiger partial charge in [-0.25, -0.2) is 17.5 Å². The second-order valence-corrected chi connectivity index (χ2v) is 5.33. The van der Waals surface area contributed by atoms with Crippen LogP contribution < -0.4 is 10.5 Å². The van der Waals surface area contributed by atoms with Crippen LogP contribution in [0.15, 0.2) is 23.1 Å². The van der Waals surface area contributed by atoms with Gasteiger partial charge in [-0.1, -0.05) is 0 Å². The Bertz CT molecular complexity index is 559. The van der Waals surface area contributed by atoms with Gasteiger partial charge in [-0.3, -0.25) is 0 Å². The average molecular weight is 302 g/mol. The van der Waals surface area contributed by atoms with Gasteiger partial charge in [0.15, 0.2) is 6.10 Å². The van der Waals surface area contributed by atoms with E-state index in [0.29, 0.717) is 0 Å². The number of nitrogens with two attached hydrogens (primary N) is 1. The van der Waals surface area contributed by atoms with Gasteiger partial charge in [0.2, 0.25) is 10.0 Å². The summed E-state index contributed by atoms with van der Waals surface area (Å²) in [5, 5.41) is 8.67. The highest BCUT2D eigenvalue weighted by Crippen LogP contribution is 2.21. The third-order valence-electron chi connectivity index (χ3n) is 2.11. The number of hydrogen-bond donors (Lipinski definition) is 3. The molecule has 1 unspecified atom stereocenters. The van der Waals surface area contributed by atoms with Gasteiger partial charge in [-0.2, -0.15) is 13.2 Å². The highest BCUT2D eigenvalue weighted by Gasteiger charge is 2.38. The Morgan fingerprint density at radius 2 is 1.95 bits per heavy atom. The predicted octanol–water partition coefficient (Wildman–Crippen LogP) is 0.609. The molecule has 0 aliphatic heterocycles. The SMILES string of the molecule is Nc1cc(F)ccc1S(=O)(=O)NCC(O)C(F)(F)F. The molecule has 0 amide bonds. The molecule has 0 saturated heterocycles. The lowest BCUT2D eigenvalue weighted by Crippen LogP contribution is -2.40. The van der Waals surface area contributed by atoms with Gasteiger partial charge >= 0.3 is 6.18 Å². The summed E-state index contributed by atoms with van der Waals surface area (Å²) < 4.78 is 73.5. The molecule has 108 valence electrons. The van der Waals surface area contributed by atoms with Crippen LogP contribution in [-0.4, -0.2) is 32.3 Å². The van der Waals surface area contributed by atoms with Crippen LogP contribution in [0, 0.1) is 5.82 Å². The normalized spacial score (nSPS) is 14.4. The van der Waals surface area contributed by atoms with Crippen LogP contribution >= 0.6 is 0 Å². The molecule has 1 aromatic rings. The molecule has 0 saturated carbocycles. The molecule has 19 heavy (non-hydrogen) atoms. The number of anilines is 1. The van der Waals surface area contributed by atoms with Crippen LogP contribution in [0.25, 0.3) is 0 Å². The first-order valence-electron chi connectivity index (χ1n) is 4.83. The largest absolute Gasteiger partial charge is 0.415 e. The number of alkyl halides is 3. The minimum Gasteiger partial charge on any atom is -0.398 e. The van der Waals surface area contributed by atoms with Gasteiger partial charge in [0.05, 0.1) is 5.69 Å². The van der Waals surface area contributed by atoms with E-state index in [-0.39, 0.29) is 0 Å². The maximum absolute atomic E-state index is 12.7. The first kappa shape index (κ1) is 15.7. The first-order valence-corrected chi connectivity index (χ1v) is 6.32. The molecule has 1 aromatic carbocycles. The van der Waals surface area contributed by atoms with E-state index in [1.807, 2.05) is 0 Å². The summed E-state index contributed by atoms with van der Waals surface area (Å²) in [6, 6.07) is 2.33. The molecule has 0 spiro atoms. The third-order valence-corrected chi connectivity index (χ3v) is 3.60. The van der Waals surface area contributed by atoms with E-state index in [2.05, 4.69) is 0 Å². The molecule has 0 fully saturated rings. The van der Waals surface area contributed by atoms with Gasteiger partial charge in [0, 0.05) is 6.54 Å². The number of aliphatic hydroxyl groups excluding tert-OH is 1. The molecule has 4 N–H and O–H groups in total.